The summed E-state index contributed by atoms with van der Waals surface area (Å²) in [6.45, 7) is 8.29. The lowest BCUT2D eigenvalue weighted by molar-refractivity contribution is 0.263. The third-order valence-electron chi connectivity index (χ3n) is 3.27. The van der Waals surface area contributed by atoms with E-state index in [9.17, 15) is 0 Å². The van der Waals surface area contributed by atoms with Crippen LogP contribution in [0.3, 0.4) is 0 Å². The summed E-state index contributed by atoms with van der Waals surface area (Å²) >= 11 is 0. The normalized spacial score (nSPS) is 17.9. The molecule has 0 bridgehead atoms. The van der Waals surface area contributed by atoms with Gasteiger partial charge in [-0.1, -0.05) is 6.08 Å². The lowest BCUT2D eigenvalue weighted by Crippen LogP contribution is -2.15. The molecule has 1 aromatic rings. The van der Waals surface area contributed by atoms with Gasteiger partial charge in [-0.15, -0.1) is 0 Å². The zero-order valence-electron chi connectivity index (χ0n) is 10.5. The predicted octanol–water partition coefficient (Wildman–Crippen LogP) is 3.41. The maximum Gasteiger partial charge on any atom is 0.131 e. The summed E-state index contributed by atoms with van der Waals surface area (Å²) in [6.07, 6.45) is 4.36. The third-order valence-corrected chi connectivity index (χ3v) is 3.27. The highest BCUT2D eigenvalue weighted by molar-refractivity contribution is 5.71. The van der Waals surface area contributed by atoms with E-state index in [1.165, 1.54) is 11.1 Å². The number of ether oxygens (including phenoxy) is 2. The van der Waals surface area contributed by atoms with Crippen LogP contribution in [-0.2, 0) is 0 Å². The minimum Gasteiger partial charge on any atom is -0.496 e. The first-order chi connectivity index (χ1) is 7.56. The summed E-state index contributed by atoms with van der Waals surface area (Å²) in [4.78, 5) is 0. The van der Waals surface area contributed by atoms with Crippen molar-refractivity contribution in [1.29, 1.82) is 0 Å². The van der Waals surface area contributed by atoms with E-state index in [1.54, 1.807) is 7.11 Å². The first-order valence-electron chi connectivity index (χ1n) is 5.58. The summed E-state index contributed by atoms with van der Waals surface area (Å²) in [5, 5.41) is 0. The molecular weight excluding hydrogens is 200 g/mol. The highest BCUT2D eigenvalue weighted by Crippen LogP contribution is 2.40. The highest BCUT2D eigenvalue weighted by Gasteiger charge is 2.21. The van der Waals surface area contributed by atoms with Gasteiger partial charge >= 0.3 is 0 Å². The summed E-state index contributed by atoms with van der Waals surface area (Å²) in [5.74, 6) is 1.98. The molecule has 1 atom stereocenters. The molecule has 0 saturated heterocycles. The molecule has 0 radical (unpaired) electrons. The summed E-state index contributed by atoms with van der Waals surface area (Å²) in [6, 6.07) is 0. The van der Waals surface area contributed by atoms with Crippen LogP contribution in [0.1, 0.15) is 29.2 Å². The molecule has 1 aliphatic rings. The van der Waals surface area contributed by atoms with E-state index >= 15 is 0 Å². The Hall–Kier alpha value is -1.44. The number of benzene rings is 1. The van der Waals surface area contributed by atoms with Gasteiger partial charge < -0.3 is 9.47 Å². The van der Waals surface area contributed by atoms with Gasteiger partial charge in [0.2, 0.25) is 0 Å². The fourth-order valence-electron chi connectivity index (χ4n) is 2.23. The van der Waals surface area contributed by atoms with Gasteiger partial charge in [0.05, 0.1) is 7.11 Å². The standard InChI is InChI=1S/C14H18O2/c1-8-6-7-12-11(4)13(15-5)9(2)10(3)14(12)16-8/h6-8H,1-5H3. The maximum atomic E-state index is 5.88. The number of methoxy groups -OCH3 is 1. The van der Waals surface area contributed by atoms with E-state index in [4.69, 9.17) is 9.47 Å². The average molecular weight is 218 g/mol. The molecule has 86 valence electrons. The average Bonchev–Trinajstić information content (AvgIpc) is 2.27. The van der Waals surface area contributed by atoms with Crippen molar-refractivity contribution in [2.45, 2.75) is 33.8 Å². The quantitative estimate of drug-likeness (QED) is 0.719. The fraction of sp³-hybridized carbons (Fsp3) is 0.429. The van der Waals surface area contributed by atoms with Gasteiger partial charge in [0.25, 0.3) is 0 Å². The van der Waals surface area contributed by atoms with Crippen molar-refractivity contribution in [3.05, 3.63) is 28.3 Å². The zero-order chi connectivity index (χ0) is 11.9. The molecule has 1 aromatic carbocycles. The van der Waals surface area contributed by atoms with E-state index in [0.717, 1.165) is 22.6 Å². The van der Waals surface area contributed by atoms with Gasteiger partial charge in [-0.05, 0) is 44.9 Å². The van der Waals surface area contributed by atoms with Crippen molar-refractivity contribution < 1.29 is 9.47 Å². The molecule has 0 aliphatic carbocycles. The second-order valence-corrected chi connectivity index (χ2v) is 4.33. The minimum absolute atomic E-state index is 0.151. The van der Waals surface area contributed by atoms with Gasteiger partial charge in [0.1, 0.15) is 17.6 Å². The molecule has 2 nitrogen and oxygen atoms in total. The zero-order valence-corrected chi connectivity index (χ0v) is 10.5. The SMILES string of the molecule is COc1c(C)c(C)c2c(c1C)C=CC(C)O2. The van der Waals surface area contributed by atoms with E-state index in [2.05, 4.69) is 32.9 Å². The Bertz CT molecular complexity index is 459. The van der Waals surface area contributed by atoms with Crippen LogP contribution in [0.25, 0.3) is 6.08 Å². The molecule has 0 amide bonds. The molecule has 16 heavy (non-hydrogen) atoms. The van der Waals surface area contributed by atoms with Crippen molar-refractivity contribution in [3.8, 4) is 11.5 Å². The molecule has 1 heterocycles. The Kier molecular flexibility index (Phi) is 2.66. The molecule has 0 saturated carbocycles. The monoisotopic (exact) mass is 218 g/mol. The first kappa shape index (κ1) is 11.1. The number of hydrogen-bond acceptors (Lipinski definition) is 2. The van der Waals surface area contributed by atoms with Gasteiger partial charge in [-0.3, -0.25) is 0 Å². The highest BCUT2D eigenvalue weighted by atomic mass is 16.5. The summed E-state index contributed by atoms with van der Waals surface area (Å²) in [5.41, 5.74) is 4.65. The minimum atomic E-state index is 0.151. The Balaban J connectivity index is 2.72. The van der Waals surface area contributed by atoms with Crippen molar-refractivity contribution in [3.63, 3.8) is 0 Å². The predicted molar refractivity (Wildman–Crippen MR) is 66.3 cm³/mol. The van der Waals surface area contributed by atoms with E-state index in [1.807, 2.05) is 6.92 Å². The van der Waals surface area contributed by atoms with Crippen LogP contribution >= 0.6 is 0 Å². The number of fused-ring (bicyclic) bond motifs is 1. The molecule has 2 rings (SSSR count). The largest absolute Gasteiger partial charge is 0.496 e. The Morgan fingerprint density at radius 2 is 1.81 bits per heavy atom. The van der Waals surface area contributed by atoms with E-state index in [-0.39, 0.29) is 6.10 Å². The van der Waals surface area contributed by atoms with Crippen LogP contribution in [0.4, 0.5) is 0 Å². The van der Waals surface area contributed by atoms with Crippen LogP contribution in [0, 0.1) is 20.8 Å². The van der Waals surface area contributed by atoms with Gasteiger partial charge in [0, 0.05) is 11.1 Å². The topological polar surface area (TPSA) is 18.5 Å². The van der Waals surface area contributed by atoms with Crippen LogP contribution in [0.15, 0.2) is 6.08 Å². The molecule has 0 fully saturated rings. The lowest BCUT2D eigenvalue weighted by Gasteiger charge is -2.25. The van der Waals surface area contributed by atoms with E-state index < -0.39 is 0 Å². The molecule has 0 aromatic heterocycles. The van der Waals surface area contributed by atoms with Gasteiger partial charge in [-0.2, -0.15) is 0 Å². The Morgan fingerprint density at radius 1 is 1.12 bits per heavy atom. The van der Waals surface area contributed by atoms with Crippen molar-refractivity contribution in [1.82, 2.24) is 0 Å². The molecule has 1 aliphatic heterocycles. The number of rotatable bonds is 1. The lowest BCUT2D eigenvalue weighted by atomic mass is 9.95. The molecule has 0 N–H and O–H groups in total. The van der Waals surface area contributed by atoms with Crippen molar-refractivity contribution in [2.24, 2.45) is 0 Å². The van der Waals surface area contributed by atoms with Crippen LogP contribution in [-0.4, -0.2) is 13.2 Å². The molecule has 0 spiro atoms. The molecular formula is C14H18O2. The number of hydrogen-bond donors (Lipinski definition) is 0. The van der Waals surface area contributed by atoms with Crippen LogP contribution in [0.2, 0.25) is 0 Å². The van der Waals surface area contributed by atoms with Crippen molar-refractivity contribution in [2.75, 3.05) is 7.11 Å². The van der Waals surface area contributed by atoms with Crippen LogP contribution < -0.4 is 9.47 Å². The second-order valence-electron chi connectivity index (χ2n) is 4.33. The third kappa shape index (κ3) is 1.49. The summed E-state index contributed by atoms with van der Waals surface area (Å²) < 4.78 is 11.3. The van der Waals surface area contributed by atoms with E-state index in [0.29, 0.717) is 0 Å². The first-order valence-corrected chi connectivity index (χ1v) is 5.58. The van der Waals surface area contributed by atoms with Gasteiger partial charge in [-0.25, -0.2) is 0 Å². The summed E-state index contributed by atoms with van der Waals surface area (Å²) in [7, 11) is 1.72. The van der Waals surface area contributed by atoms with Gasteiger partial charge in [0.15, 0.2) is 0 Å². The van der Waals surface area contributed by atoms with Crippen LogP contribution in [0.5, 0.6) is 11.5 Å². The second kappa shape index (κ2) is 3.85. The fourth-order valence-corrected chi connectivity index (χ4v) is 2.23. The molecule has 2 heteroatoms. The van der Waals surface area contributed by atoms with Crippen molar-refractivity contribution >= 4 is 6.08 Å². The smallest absolute Gasteiger partial charge is 0.131 e. The maximum absolute atomic E-state index is 5.88. The molecule has 1 unspecified atom stereocenters. The Morgan fingerprint density at radius 3 is 2.44 bits per heavy atom. The Labute approximate surface area is 96.9 Å².